The van der Waals surface area contributed by atoms with Crippen molar-refractivity contribution in [3.8, 4) is 0 Å². The number of hydrogen-bond donors (Lipinski definition) is 1. The SMILES string of the molecule is CCNC(Cc1ccc(F)cc1F)C1CSCCS1. The van der Waals surface area contributed by atoms with Gasteiger partial charge in [-0.05, 0) is 24.6 Å². The fourth-order valence-electron chi connectivity index (χ4n) is 2.26. The van der Waals surface area contributed by atoms with Crippen LogP contribution in [0, 0.1) is 11.6 Å². The van der Waals surface area contributed by atoms with E-state index in [1.807, 2.05) is 23.5 Å². The highest BCUT2D eigenvalue weighted by Crippen LogP contribution is 2.28. The molecule has 0 aliphatic carbocycles. The van der Waals surface area contributed by atoms with Gasteiger partial charge in [-0.2, -0.15) is 23.5 Å². The minimum absolute atomic E-state index is 0.253. The Hall–Kier alpha value is -0.260. The zero-order valence-electron chi connectivity index (χ0n) is 11.0. The number of nitrogens with one attached hydrogen (secondary N) is 1. The highest BCUT2D eigenvalue weighted by molar-refractivity contribution is 8.06. The molecule has 1 aliphatic heterocycles. The summed E-state index contributed by atoms with van der Waals surface area (Å²) in [7, 11) is 0. The summed E-state index contributed by atoms with van der Waals surface area (Å²) in [5.74, 6) is 2.51. The maximum atomic E-state index is 13.7. The van der Waals surface area contributed by atoms with E-state index < -0.39 is 11.6 Å². The average molecular weight is 303 g/mol. The van der Waals surface area contributed by atoms with Crippen molar-refractivity contribution in [2.75, 3.05) is 23.8 Å². The van der Waals surface area contributed by atoms with Gasteiger partial charge in [-0.25, -0.2) is 8.78 Å². The lowest BCUT2D eigenvalue weighted by Crippen LogP contribution is -2.42. The monoisotopic (exact) mass is 303 g/mol. The van der Waals surface area contributed by atoms with E-state index in [-0.39, 0.29) is 6.04 Å². The fourth-order valence-corrected chi connectivity index (χ4v) is 5.15. The third kappa shape index (κ3) is 4.36. The van der Waals surface area contributed by atoms with E-state index in [1.54, 1.807) is 6.07 Å². The lowest BCUT2D eigenvalue weighted by atomic mass is 10.0. The van der Waals surface area contributed by atoms with E-state index in [0.717, 1.165) is 24.1 Å². The second kappa shape index (κ2) is 7.50. The number of thioether (sulfide) groups is 2. The number of halogens is 2. The van der Waals surface area contributed by atoms with Gasteiger partial charge in [-0.1, -0.05) is 13.0 Å². The third-order valence-corrected chi connectivity index (χ3v) is 6.13. The van der Waals surface area contributed by atoms with Crippen LogP contribution in [0.4, 0.5) is 8.78 Å². The molecule has 19 heavy (non-hydrogen) atoms. The van der Waals surface area contributed by atoms with Gasteiger partial charge >= 0.3 is 0 Å². The lowest BCUT2D eigenvalue weighted by molar-refractivity contribution is 0.502. The molecule has 2 atom stereocenters. The summed E-state index contributed by atoms with van der Waals surface area (Å²) < 4.78 is 26.7. The number of rotatable bonds is 5. The summed E-state index contributed by atoms with van der Waals surface area (Å²) in [4.78, 5) is 0. The molecule has 1 saturated heterocycles. The van der Waals surface area contributed by atoms with Gasteiger partial charge in [0, 0.05) is 34.6 Å². The standard InChI is InChI=1S/C14H19F2NS2/c1-2-17-13(14-9-18-5-6-19-14)7-10-3-4-11(15)8-12(10)16/h3-4,8,13-14,17H,2,5-7,9H2,1H3. The van der Waals surface area contributed by atoms with Crippen LogP contribution in [-0.2, 0) is 6.42 Å². The first-order valence-corrected chi connectivity index (χ1v) is 8.77. The van der Waals surface area contributed by atoms with E-state index in [9.17, 15) is 8.78 Å². The van der Waals surface area contributed by atoms with Crippen LogP contribution in [0.1, 0.15) is 12.5 Å². The van der Waals surface area contributed by atoms with Crippen molar-refractivity contribution >= 4 is 23.5 Å². The van der Waals surface area contributed by atoms with Gasteiger partial charge in [0.15, 0.2) is 0 Å². The number of benzene rings is 1. The molecule has 0 aromatic heterocycles. The minimum atomic E-state index is -0.510. The van der Waals surface area contributed by atoms with Crippen molar-refractivity contribution in [2.45, 2.75) is 24.6 Å². The second-order valence-electron chi connectivity index (χ2n) is 4.59. The van der Waals surface area contributed by atoms with Crippen molar-refractivity contribution in [3.05, 3.63) is 35.4 Å². The van der Waals surface area contributed by atoms with Crippen molar-refractivity contribution in [1.82, 2.24) is 5.32 Å². The van der Waals surface area contributed by atoms with Gasteiger partial charge in [-0.15, -0.1) is 0 Å². The predicted octanol–water partition coefficient (Wildman–Crippen LogP) is 3.33. The molecule has 1 N–H and O–H groups in total. The molecule has 2 rings (SSSR count). The summed E-state index contributed by atoms with van der Waals surface area (Å²) in [5, 5.41) is 3.95. The van der Waals surface area contributed by atoms with Gasteiger partial charge < -0.3 is 5.32 Å². The Kier molecular flexibility index (Phi) is 5.98. The Bertz CT molecular complexity index is 408. The van der Waals surface area contributed by atoms with Crippen molar-refractivity contribution < 1.29 is 8.78 Å². The highest BCUT2D eigenvalue weighted by atomic mass is 32.2. The molecule has 1 fully saturated rings. The average Bonchev–Trinajstić information content (AvgIpc) is 2.42. The molecule has 1 aromatic rings. The number of hydrogen-bond acceptors (Lipinski definition) is 3. The Morgan fingerprint density at radius 2 is 2.21 bits per heavy atom. The smallest absolute Gasteiger partial charge is 0.129 e. The molecule has 2 unspecified atom stereocenters. The van der Waals surface area contributed by atoms with Crippen molar-refractivity contribution in [2.24, 2.45) is 0 Å². The molecule has 0 saturated carbocycles. The van der Waals surface area contributed by atoms with E-state index in [4.69, 9.17) is 0 Å². The first kappa shape index (κ1) is 15.1. The van der Waals surface area contributed by atoms with Crippen LogP contribution in [0.2, 0.25) is 0 Å². The van der Waals surface area contributed by atoms with Gasteiger partial charge in [0.05, 0.1) is 0 Å². The Morgan fingerprint density at radius 3 is 2.84 bits per heavy atom. The van der Waals surface area contributed by atoms with E-state index in [1.165, 1.54) is 11.8 Å². The summed E-state index contributed by atoms with van der Waals surface area (Å²) >= 11 is 3.92. The van der Waals surface area contributed by atoms with Crippen molar-refractivity contribution in [3.63, 3.8) is 0 Å². The van der Waals surface area contributed by atoms with Crippen LogP contribution in [0.15, 0.2) is 18.2 Å². The molecule has 0 bridgehead atoms. The zero-order valence-corrected chi connectivity index (χ0v) is 12.6. The Balaban J connectivity index is 2.06. The molecule has 1 aliphatic rings. The molecular formula is C14H19F2NS2. The number of likely N-dealkylation sites (N-methyl/N-ethyl adjacent to an activating group) is 1. The second-order valence-corrected chi connectivity index (χ2v) is 7.09. The van der Waals surface area contributed by atoms with Crippen LogP contribution in [0.25, 0.3) is 0 Å². The summed E-state index contributed by atoms with van der Waals surface area (Å²) in [6.07, 6.45) is 0.623. The van der Waals surface area contributed by atoms with Gasteiger partial charge in [0.1, 0.15) is 11.6 Å². The largest absolute Gasteiger partial charge is 0.313 e. The van der Waals surface area contributed by atoms with Crippen LogP contribution >= 0.6 is 23.5 Å². The molecule has 1 aromatic carbocycles. The minimum Gasteiger partial charge on any atom is -0.313 e. The lowest BCUT2D eigenvalue weighted by Gasteiger charge is -2.30. The van der Waals surface area contributed by atoms with E-state index in [0.29, 0.717) is 17.2 Å². The normalized spacial score (nSPS) is 21.3. The summed E-state index contributed by atoms with van der Waals surface area (Å²) in [5.41, 5.74) is 0.600. The van der Waals surface area contributed by atoms with E-state index >= 15 is 0 Å². The quantitative estimate of drug-likeness (QED) is 0.896. The summed E-state index contributed by atoms with van der Waals surface area (Å²) in [6.45, 7) is 2.93. The summed E-state index contributed by atoms with van der Waals surface area (Å²) in [6, 6.07) is 4.13. The molecule has 0 spiro atoms. The van der Waals surface area contributed by atoms with Crippen LogP contribution in [0.5, 0.6) is 0 Å². The van der Waals surface area contributed by atoms with Gasteiger partial charge in [0.25, 0.3) is 0 Å². The maximum Gasteiger partial charge on any atom is 0.129 e. The van der Waals surface area contributed by atoms with Crippen LogP contribution < -0.4 is 5.32 Å². The zero-order chi connectivity index (χ0) is 13.7. The molecule has 0 radical (unpaired) electrons. The first-order chi connectivity index (χ1) is 9.20. The highest BCUT2D eigenvalue weighted by Gasteiger charge is 2.25. The van der Waals surface area contributed by atoms with Crippen molar-refractivity contribution in [1.29, 1.82) is 0 Å². The Labute approximate surface area is 121 Å². The molecule has 106 valence electrons. The van der Waals surface area contributed by atoms with Crippen LogP contribution in [0.3, 0.4) is 0 Å². The Morgan fingerprint density at radius 1 is 1.37 bits per heavy atom. The molecule has 1 nitrogen and oxygen atoms in total. The third-order valence-electron chi connectivity index (χ3n) is 3.21. The predicted molar refractivity (Wildman–Crippen MR) is 81.1 cm³/mol. The van der Waals surface area contributed by atoms with Gasteiger partial charge in [-0.3, -0.25) is 0 Å². The first-order valence-electron chi connectivity index (χ1n) is 6.57. The van der Waals surface area contributed by atoms with Gasteiger partial charge in [0.2, 0.25) is 0 Å². The fraction of sp³-hybridized carbons (Fsp3) is 0.571. The molecule has 0 amide bonds. The topological polar surface area (TPSA) is 12.0 Å². The van der Waals surface area contributed by atoms with Crippen LogP contribution in [-0.4, -0.2) is 35.1 Å². The molecule has 1 heterocycles. The molecule has 5 heteroatoms. The molecular weight excluding hydrogens is 284 g/mol. The van der Waals surface area contributed by atoms with E-state index in [2.05, 4.69) is 12.2 Å². The maximum absolute atomic E-state index is 13.7.